The van der Waals surface area contributed by atoms with Gasteiger partial charge in [0.15, 0.2) is 12.1 Å². The van der Waals surface area contributed by atoms with Crippen molar-refractivity contribution in [3.63, 3.8) is 0 Å². The van der Waals surface area contributed by atoms with Crippen molar-refractivity contribution < 1.29 is 51.3 Å². The monoisotopic (exact) mass is 626 g/mol. The second-order valence-electron chi connectivity index (χ2n) is 11.7. The first-order valence-electron chi connectivity index (χ1n) is 14.0. The number of anilines is 1. The summed E-state index contributed by atoms with van der Waals surface area (Å²) in [7, 11) is 0. The Balaban J connectivity index is 2.70. The molecule has 0 saturated carbocycles. The van der Waals surface area contributed by atoms with Gasteiger partial charge >= 0.3 is 24.1 Å². The number of alkyl halides is 3. The Morgan fingerprint density at radius 1 is 1.07 bits per heavy atom. The van der Waals surface area contributed by atoms with Gasteiger partial charge in [-0.25, -0.2) is 9.18 Å². The number of nitrogens with one attached hydrogen (secondary N) is 1. The summed E-state index contributed by atoms with van der Waals surface area (Å²) in [4.78, 5) is 48.5. The van der Waals surface area contributed by atoms with Crippen LogP contribution in [0.3, 0.4) is 0 Å². The lowest BCUT2D eigenvalue weighted by Crippen LogP contribution is -2.45. The minimum Gasteiger partial charge on any atom is -0.487 e. The van der Waals surface area contributed by atoms with Crippen molar-refractivity contribution in [2.45, 2.75) is 84.7 Å². The largest absolute Gasteiger partial charge is 0.487 e. The maximum Gasteiger partial charge on any atom is 0.471 e. The molecule has 2 rings (SSSR count). The SMILES string of the molecule is CC(C)CCC[C@@H](Cc1c(C=O)cc(OCc2ccccc2)c(N(CC(=O)O)C(=O)C(F)(F)F)c1F)NC(=O)OC(C)(C)C. The van der Waals surface area contributed by atoms with E-state index in [9.17, 15) is 37.5 Å². The molecule has 2 aromatic carbocycles. The lowest BCUT2D eigenvalue weighted by molar-refractivity contribution is -0.171. The topological polar surface area (TPSA) is 122 Å². The number of ether oxygens (including phenoxy) is 2. The predicted octanol–water partition coefficient (Wildman–Crippen LogP) is 6.46. The van der Waals surface area contributed by atoms with Gasteiger partial charge in [0.25, 0.3) is 0 Å². The maximum absolute atomic E-state index is 16.4. The van der Waals surface area contributed by atoms with Crippen LogP contribution < -0.4 is 15.0 Å². The van der Waals surface area contributed by atoms with E-state index in [1.165, 1.54) is 0 Å². The number of carboxylic acid groups (broad SMARTS) is 1. The molecule has 0 aromatic heterocycles. The Morgan fingerprint density at radius 3 is 2.23 bits per heavy atom. The van der Waals surface area contributed by atoms with E-state index in [0.717, 1.165) is 12.5 Å². The van der Waals surface area contributed by atoms with E-state index in [2.05, 4.69) is 5.32 Å². The highest BCUT2D eigenvalue weighted by Gasteiger charge is 2.45. The molecule has 0 saturated heterocycles. The Morgan fingerprint density at radius 2 is 1.70 bits per heavy atom. The molecule has 2 aromatic rings. The minimum atomic E-state index is -5.57. The standard InChI is InChI=1S/C31H38F4N2O7/c1-19(2)10-9-13-22(36-29(42)44-30(3,4)5)15-23-21(17-38)14-24(43-18-20-11-7-6-8-12-20)27(26(23)32)37(16-25(39)40)28(41)31(33,34)35/h6-8,11-12,14,17,19,22H,9-10,13,15-16,18H2,1-5H3,(H,36,42)(H,39,40)/t22-/m0/s1. The Bertz CT molecular complexity index is 1310. The van der Waals surface area contributed by atoms with Crippen LogP contribution in [-0.2, 0) is 27.4 Å². The molecule has 2 N–H and O–H groups in total. The Labute approximate surface area is 253 Å². The van der Waals surface area contributed by atoms with Gasteiger partial charge in [-0.05, 0) is 51.2 Å². The Kier molecular flexibility index (Phi) is 12.7. The molecule has 0 bridgehead atoms. The molecule has 0 heterocycles. The Hall–Kier alpha value is -4.16. The van der Waals surface area contributed by atoms with Gasteiger partial charge in [0.1, 0.15) is 30.2 Å². The molecule has 0 unspecified atom stereocenters. The van der Waals surface area contributed by atoms with Gasteiger partial charge in [0.2, 0.25) is 0 Å². The highest BCUT2D eigenvalue weighted by atomic mass is 19.4. The van der Waals surface area contributed by atoms with Gasteiger partial charge in [-0.15, -0.1) is 0 Å². The lowest BCUT2D eigenvalue weighted by atomic mass is 9.94. The zero-order valence-corrected chi connectivity index (χ0v) is 25.3. The van der Waals surface area contributed by atoms with Gasteiger partial charge in [-0.1, -0.05) is 57.0 Å². The van der Waals surface area contributed by atoms with Crippen molar-refractivity contribution >= 4 is 29.9 Å². The van der Waals surface area contributed by atoms with Crippen LogP contribution in [0.15, 0.2) is 36.4 Å². The first-order chi connectivity index (χ1) is 20.4. The number of rotatable bonds is 14. The summed E-state index contributed by atoms with van der Waals surface area (Å²) < 4.78 is 68.2. The molecule has 0 aliphatic rings. The van der Waals surface area contributed by atoms with Crippen LogP contribution >= 0.6 is 0 Å². The van der Waals surface area contributed by atoms with Gasteiger partial charge < -0.3 is 19.9 Å². The van der Waals surface area contributed by atoms with Crippen LogP contribution in [0.4, 0.5) is 28.0 Å². The zero-order chi connectivity index (χ0) is 33.2. The third-order valence-electron chi connectivity index (χ3n) is 6.26. The van der Waals surface area contributed by atoms with Crippen LogP contribution in [0.1, 0.15) is 75.4 Å². The first kappa shape index (κ1) is 36.0. The number of hydrogen-bond acceptors (Lipinski definition) is 6. The van der Waals surface area contributed by atoms with E-state index in [0.29, 0.717) is 17.9 Å². The van der Waals surface area contributed by atoms with Gasteiger partial charge in [0, 0.05) is 17.2 Å². The number of amides is 2. The van der Waals surface area contributed by atoms with E-state index < -0.39 is 65.2 Å². The molecule has 0 aliphatic heterocycles. The highest BCUT2D eigenvalue weighted by molar-refractivity contribution is 6.02. The first-order valence-corrected chi connectivity index (χ1v) is 14.0. The van der Waals surface area contributed by atoms with Gasteiger partial charge in [-0.3, -0.25) is 19.3 Å². The molecule has 1 atom stereocenters. The molecule has 242 valence electrons. The number of aliphatic carboxylic acids is 1. The normalized spacial score (nSPS) is 12.4. The molecule has 9 nitrogen and oxygen atoms in total. The van der Waals surface area contributed by atoms with Crippen LogP contribution in [-0.4, -0.2) is 53.7 Å². The fourth-order valence-corrected chi connectivity index (χ4v) is 4.34. The summed E-state index contributed by atoms with van der Waals surface area (Å²) in [6, 6.07) is 8.36. The molecule has 13 heteroatoms. The van der Waals surface area contributed by atoms with Crippen molar-refractivity contribution in [1.29, 1.82) is 0 Å². The van der Waals surface area contributed by atoms with Crippen molar-refractivity contribution in [2.24, 2.45) is 5.92 Å². The lowest BCUT2D eigenvalue weighted by Gasteiger charge is -2.28. The third kappa shape index (κ3) is 11.2. The van der Waals surface area contributed by atoms with Crippen molar-refractivity contribution in [1.82, 2.24) is 5.32 Å². The average molecular weight is 627 g/mol. The molecule has 0 fully saturated rings. The number of carbonyl (C=O) groups excluding carboxylic acids is 3. The van der Waals surface area contributed by atoms with Crippen LogP contribution in [0.2, 0.25) is 0 Å². The fraction of sp³-hybridized carbons (Fsp3) is 0.484. The molecular weight excluding hydrogens is 588 g/mol. The number of aldehydes is 1. The van der Waals surface area contributed by atoms with E-state index in [-0.39, 0.29) is 36.2 Å². The maximum atomic E-state index is 16.4. The van der Waals surface area contributed by atoms with Crippen LogP contribution in [0.25, 0.3) is 0 Å². The smallest absolute Gasteiger partial charge is 0.471 e. The molecule has 44 heavy (non-hydrogen) atoms. The van der Waals surface area contributed by atoms with Gasteiger partial charge in [-0.2, -0.15) is 13.2 Å². The highest BCUT2D eigenvalue weighted by Crippen LogP contribution is 2.39. The molecular formula is C31H38F4N2O7. The van der Waals surface area contributed by atoms with E-state index in [4.69, 9.17) is 9.47 Å². The number of nitrogens with zero attached hydrogens (tertiary/aromatic N) is 1. The van der Waals surface area contributed by atoms with Crippen molar-refractivity contribution in [3.05, 3.63) is 58.9 Å². The van der Waals surface area contributed by atoms with Crippen molar-refractivity contribution in [3.8, 4) is 5.75 Å². The summed E-state index contributed by atoms with van der Waals surface area (Å²) in [5.74, 6) is -6.31. The summed E-state index contributed by atoms with van der Waals surface area (Å²) in [5.41, 5.74) is -2.19. The second kappa shape index (κ2) is 15.5. The average Bonchev–Trinajstić information content (AvgIpc) is 2.90. The summed E-state index contributed by atoms with van der Waals surface area (Å²) in [5, 5.41) is 12.0. The fourth-order valence-electron chi connectivity index (χ4n) is 4.34. The van der Waals surface area contributed by atoms with Crippen LogP contribution in [0.5, 0.6) is 5.75 Å². The van der Waals surface area contributed by atoms with E-state index >= 15 is 4.39 Å². The number of halogens is 4. The zero-order valence-electron chi connectivity index (χ0n) is 25.3. The second-order valence-corrected chi connectivity index (χ2v) is 11.7. The van der Waals surface area contributed by atoms with Crippen molar-refractivity contribution in [2.75, 3.05) is 11.4 Å². The summed E-state index contributed by atoms with van der Waals surface area (Å²) in [6.07, 6.45) is -4.92. The number of alkyl carbamates (subject to hydrolysis) is 1. The van der Waals surface area contributed by atoms with E-state index in [1.807, 2.05) is 13.8 Å². The molecule has 0 spiro atoms. The summed E-state index contributed by atoms with van der Waals surface area (Å²) in [6.45, 7) is 7.03. The van der Waals surface area contributed by atoms with E-state index in [1.54, 1.807) is 51.1 Å². The molecule has 0 radical (unpaired) electrons. The number of carboxylic acids is 1. The third-order valence-corrected chi connectivity index (χ3v) is 6.26. The molecule has 0 aliphatic carbocycles. The quantitative estimate of drug-likeness (QED) is 0.182. The summed E-state index contributed by atoms with van der Waals surface area (Å²) >= 11 is 0. The van der Waals surface area contributed by atoms with Gasteiger partial charge in [0.05, 0.1) is 0 Å². The number of hydrogen-bond donors (Lipinski definition) is 2. The number of benzene rings is 2. The van der Waals surface area contributed by atoms with Crippen LogP contribution in [0, 0.1) is 11.7 Å². The predicted molar refractivity (Wildman–Crippen MR) is 154 cm³/mol. The molecule has 2 amide bonds. The minimum absolute atomic E-state index is 0.267. The number of carbonyl (C=O) groups is 4.